The first-order valence-electron chi connectivity index (χ1n) is 7.81. The average Bonchev–Trinajstić information content (AvgIpc) is 2.95. The van der Waals surface area contributed by atoms with Crippen molar-refractivity contribution < 1.29 is 9.47 Å². The first kappa shape index (κ1) is 16.8. The van der Waals surface area contributed by atoms with E-state index in [0.717, 1.165) is 36.2 Å². The SMILES string of the molecule is CCNC(c1cc(Br)c(C)cc1OC)C1CCOC1CC. The number of nitrogens with one attached hydrogen (secondary N) is 1. The Kier molecular flexibility index (Phi) is 6.08. The van der Waals surface area contributed by atoms with Gasteiger partial charge in [-0.05, 0) is 44.0 Å². The predicted molar refractivity (Wildman–Crippen MR) is 90.0 cm³/mol. The lowest BCUT2D eigenvalue weighted by atomic mass is 9.86. The van der Waals surface area contributed by atoms with E-state index < -0.39 is 0 Å². The molecule has 3 nitrogen and oxygen atoms in total. The number of hydrogen-bond donors (Lipinski definition) is 1. The molecule has 1 saturated heterocycles. The molecule has 21 heavy (non-hydrogen) atoms. The van der Waals surface area contributed by atoms with Crippen LogP contribution in [0.2, 0.25) is 0 Å². The summed E-state index contributed by atoms with van der Waals surface area (Å²) in [5.41, 5.74) is 2.42. The van der Waals surface area contributed by atoms with Crippen molar-refractivity contribution in [1.82, 2.24) is 5.32 Å². The van der Waals surface area contributed by atoms with Crippen LogP contribution in [0.4, 0.5) is 0 Å². The molecule has 2 rings (SSSR count). The zero-order valence-corrected chi connectivity index (χ0v) is 15.0. The van der Waals surface area contributed by atoms with Crippen LogP contribution in [0.5, 0.6) is 5.75 Å². The number of aryl methyl sites for hydroxylation is 1. The lowest BCUT2D eigenvalue weighted by molar-refractivity contribution is 0.0773. The molecule has 0 bridgehead atoms. The molecule has 1 aliphatic rings. The predicted octanol–water partition coefficient (Wildman–Crippen LogP) is 4.23. The Balaban J connectivity index is 2.40. The number of ether oxygens (including phenoxy) is 2. The summed E-state index contributed by atoms with van der Waals surface area (Å²) < 4.78 is 12.7. The molecule has 3 atom stereocenters. The van der Waals surface area contributed by atoms with Crippen molar-refractivity contribution in [2.45, 2.75) is 45.8 Å². The van der Waals surface area contributed by atoms with Crippen molar-refractivity contribution in [3.05, 3.63) is 27.7 Å². The first-order chi connectivity index (χ1) is 10.1. The molecule has 1 heterocycles. The molecule has 1 N–H and O–H groups in total. The number of rotatable bonds is 6. The van der Waals surface area contributed by atoms with Crippen LogP contribution in [0.15, 0.2) is 16.6 Å². The van der Waals surface area contributed by atoms with E-state index in [2.05, 4.69) is 54.2 Å². The Hall–Kier alpha value is -0.580. The number of benzene rings is 1. The first-order valence-corrected chi connectivity index (χ1v) is 8.60. The van der Waals surface area contributed by atoms with Gasteiger partial charge in [-0.3, -0.25) is 0 Å². The third kappa shape index (κ3) is 3.61. The fourth-order valence-electron chi connectivity index (χ4n) is 3.27. The molecular weight excluding hydrogens is 330 g/mol. The van der Waals surface area contributed by atoms with Gasteiger partial charge in [-0.25, -0.2) is 0 Å². The van der Waals surface area contributed by atoms with Crippen molar-refractivity contribution in [2.24, 2.45) is 5.92 Å². The van der Waals surface area contributed by atoms with Crippen LogP contribution in [0.25, 0.3) is 0 Å². The maximum Gasteiger partial charge on any atom is 0.123 e. The van der Waals surface area contributed by atoms with Gasteiger partial charge in [0, 0.05) is 28.6 Å². The summed E-state index contributed by atoms with van der Waals surface area (Å²) in [4.78, 5) is 0. The van der Waals surface area contributed by atoms with Crippen molar-refractivity contribution in [2.75, 3.05) is 20.3 Å². The van der Waals surface area contributed by atoms with Gasteiger partial charge in [0.25, 0.3) is 0 Å². The summed E-state index contributed by atoms with van der Waals surface area (Å²) in [6.45, 7) is 8.24. The minimum Gasteiger partial charge on any atom is -0.496 e. The van der Waals surface area contributed by atoms with E-state index in [4.69, 9.17) is 9.47 Å². The van der Waals surface area contributed by atoms with E-state index in [1.54, 1.807) is 7.11 Å². The number of halogens is 1. The molecule has 1 aliphatic heterocycles. The molecule has 1 aromatic rings. The van der Waals surface area contributed by atoms with Gasteiger partial charge in [0.2, 0.25) is 0 Å². The normalized spacial score (nSPS) is 23.3. The van der Waals surface area contributed by atoms with Crippen molar-refractivity contribution in [1.29, 1.82) is 0 Å². The molecule has 118 valence electrons. The molecule has 3 unspecified atom stereocenters. The van der Waals surface area contributed by atoms with Crippen LogP contribution in [0.3, 0.4) is 0 Å². The molecule has 0 aromatic heterocycles. The largest absolute Gasteiger partial charge is 0.496 e. The second-order valence-corrected chi connectivity index (χ2v) is 6.50. The fraction of sp³-hybridized carbons (Fsp3) is 0.647. The average molecular weight is 356 g/mol. The Morgan fingerprint density at radius 1 is 1.43 bits per heavy atom. The second kappa shape index (κ2) is 7.61. The smallest absolute Gasteiger partial charge is 0.123 e. The van der Waals surface area contributed by atoms with Gasteiger partial charge < -0.3 is 14.8 Å². The molecular formula is C17H26BrNO2. The van der Waals surface area contributed by atoms with Crippen LogP contribution in [0, 0.1) is 12.8 Å². The van der Waals surface area contributed by atoms with E-state index in [1.807, 2.05) is 0 Å². The highest BCUT2D eigenvalue weighted by Crippen LogP contribution is 2.40. The summed E-state index contributed by atoms with van der Waals surface area (Å²) in [6.07, 6.45) is 2.49. The highest BCUT2D eigenvalue weighted by molar-refractivity contribution is 9.10. The topological polar surface area (TPSA) is 30.5 Å². The zero-order valence-electron chi connectivity index (χ0n) is 13.4. The summed E-state index contributed by atoms with van der Waals surface area (Å²) in [7, 11) is 1.75. The Morgan fingerprint density at radius 3 is 2.81 bits per heavy atom. The van der Waals surface area contributed by atoms with Gasteiger partial charge in [-0.1, -0.05) is 29.8 Å². The molecule has 1 aromatic carbocycles. The summed E-state index contributed by atoms with van der Waals surface area (Å²) in [6, 6.07) is 4.59. The standard InChI is InChI=1S/C17H26BrNO2/c1-5-15-12(7-8-21-15)17(19-6-2)13-10-14(18)11(3)9-16(13)20-4/h9-10,12,15,17,19H,5-8H2,1-4H3. The van der Waals surface area contributed by atoms with Crippen molar-refractivity contribution >= 4 is 15.9 Å². The lowest BCUT2D eigenvalue weighted by Gasteiger charge is -2.29. The minimum absolute atomic E-state index is 0.272. The van der Waals surface area contributed by atoms with Gasteiger partial charge in [0.15, 0.2) is 0 Å². The highest BCUT2D eigenvalue weighted by atomic mass is 79.9. The van der Waals surface area contributed by atoms with Crippen LogP contribution in [-0.4, -0.2) is 26.4 Å². The Bertz CT molecular complexity index is 478. The van der Waals surface area contributed by atoms with Crippen LogP contribution in [-0.2, 0) is 4.74 Å². The van der Waals surface area contributed by atoms with Crippen molar-refractivity contribution in [3.8, 4) is 5.75 Å². The van der Waals surface area contributed by atoms with Gasteiger partial charge in [0.05, 0.1) is 13.2 Å². The maximum absolute atomic E-state index is 5.90. The zero-order chi connectivity index (χ0) is 15.4. The molecule has 4 heteroatoms. The number of methoxy groups -OCH3 is 1. The highest BCUT2D eigenvalue weighted by Gasteiger charge is 2.35. The summed E-state index contributed by atoms with van der Waals surface area (Å²) >= 11 is 3.66. The van der Waals surface area contributed by atoms with Crippen LogP contribution < -0.4 is 10.1 Å². The summed E-state index contributed by atoms with van der Waals surface area (Å²) in [5.74, 6) is 1.46. The minimum atomic E-state index is 0.272. The molecule has 0 radical (unpaired) electrons. The summed E-state index contributed by atoms with van der Waals surface area (Å²) in [5, 5.41) is 3.65. The number of hydrogen-bond acceptors (Lipinski definition) is 3. The maximum atomic E-state index is 5.90. The lowest BCUT2D eigenvalue weighted by Crippen LogP contribution is -2.33. The third-order valence-electron chi connectivity index (χ3n) is 4.36. The monoisotopic (exact) mass is 355 g/mol. The molecule has 0 amide bonds. The molecule has 0 saturated carbocycles. The molecule has 1 fully saturated rings. The fourth-order valence-corrected chi connectivity index (χ4v) is 3.63. The van der Waals surface area contributed by atoms with E-state index in [0.29, 0.717) is 12.0 Å². The van der Waals surface area contributed by atoms with E-state index in [1.165, 1.54) is 11.1 Å². The van der Waals surface area contributed by atoms with Gasteiger partial charge >= 0.3 is 0 Å². The van der Waals surface area contributed by atoms with Gasteiger partial charge in [-0.2, -0.15) is 0 Å². The Labute approximate surface area is 136 Å². The Morgan fingerprint density at radius 2 is 2.19 bits per heavy atom. The van der Waals surface area contributed by atoms with E-state index in [9.17, 15) is 0 Å². The van der Waals surface area contributed by atoms with E-state index in [-0.39, 0.29) is 6.04 Å². The van der Waals surface area contributed by atoms with Crippen molar-refractivity contribution in [3.63, 3.8) is 0 Å². The quantitative estimate of drug-likeness (QED) is 0.827. The molecule has 0 spiro atoms. The van der Waals surface area contributed by atoms with Gasteiger partial charge in [-0.15, -0.1) is 0 Å². The van der Waals surface area contributed by atoms with Gasteiger partial charge in [0.1, 0.15) is 5.75 Å². The third-order valence-corrected chi connectivity index (χ3v) is 5.22. The van der Waals surface area contributed by atoms with Crippen LogP contribution in [0.1, 0.15) is 43.9 Å². The molecule has 0 aliphatic carbocycles. The van der Waals surface area contributed by atoms with Crippen LogP contribution >= 0.6 is 15.9 Å². The van der Waals surface area contributed by atoms with E-state index >= 15 is 0 Å². The second-order valence-electron chi connectivity index (χ2n) is 5.65.